The number of carbonyl (C=O) groups excluding carboxylic acids is 1. The second kappa shape index (κ2) is 5.72. The molecule has 3 N–H and O–H groups in total. The van der Waals surface area contributed by atoms with Crippen LogP contribution in [-0.2, 0) is 11.3 Å². The van der Waals surface area contributed by atoms with Gasteiger partial charge >= 0.3 is 0 Å². The average Bonchev–Trinajstić information content (AvgIpc) is 3.17. The van der Waals surface area contributed by atoms with Crippen LogP contribution in [0.3, 0.4) is 0 Å². The van der Waals surface area contributed by atoms with Gasteiger partial charge in [0.05, 0.1) is 5.54 Å². The van der Waals surface area contributed by atoms with E-state index >= 15 is 0 Å². The number of carbonyl (C=O) groups is 1. The molecule has 2 rings (SSSR count). The Bertz CT molecular complexity index is 450. The van der Waals surface area contributed by atoms with Gasteiger partial charge in [-0.1, -0.05) is 32.0 Å². The molecule has 1 aromatic rings. The Morgan fingerprint density at radius 3 is 2.53 bits per heavy atom. The summed E-state index contributed by atoms with van der Waals surface area (Å²) in [6, 6.07) is 7.95. The number of nitrogens with two attached hydrogens (primary N) is 1. The molecule has 0 heterocycles. The van der Waals surface area contributed by atoms with Crippen molar-refractivity contribution in [2.45, 2.75) is 38.8 Å². The predicted octanol–water partition coefficient (Wildman–Crippen LogP) is 1.96. The van der Waals surface area contributed by atoms with Crippen molar-refractivity contribution < 1.29 is 4.79 Å². The van der Waals surface area contributed by atoms with E-state index in [1.54, 1.807) is 0 Å². The molecule has 0 atom stereocenters. The van der Waals surface area contributed by atoms with E-state index in [2.05, 4.69) is 30.1 Å². The molecule has 1 saturated carbocycles. The maximum absolute atomic E-state index is 12.0. The van der Waals surface area contributed by atoms with Gasteiger partial charge in [0, 0.05) is 12.2 Å². The quantitative estimate of drug-likeness (QED) is 0.823. The number of rotatable bonds is 6. The summed E-state index contributed by atoms with van der Waals surface area (Å²) >= 11 is 0. The third-order valence-corrected chi connectivity index (χ3v) is 3.79. The molecule has 0 aliphatic heterocycles. The van der Waals surface area contributed by atoms with E-state index in [9.17, 15) is 4.79 Å². The summed E-state index contributed by atoms with van der Waals surface area (Å²) in [4.78, 5) is 14.3. The topological polar surface area (TPSA) is 58.4 Å². The Kier molecular flexibility index (Phi) is 4.22. The fourth-order valence-corrected chi connectivity index (χ4v) is 2.08. The van der Waals surface area contributed by atoms with Crippen molar-refractivity contribution in [3.63, 3.8) is 0 Å². The van der Waals surface area contributed by atoms with E-state index in [-0.39, 0.29) is 5.91 Å². The van der Waals surface area contributed by atoms with Crippen molar-refractivity contribution in [2.24, 2.45) is 5.73 Å². The highest BCUT2D eigenvalue weighted by molar-refractivity contribution is 6.00. The summed E-state index contributed by atoms with van der Waals surface area (Å²) in [5.74, 6) is -0.0560. The number of hydrogen-bond acceptors (Lipinski definition) is 3. The summed E-state index contributed by atoms with van der Waals surface area (Å²) < 4.78 is 0. The summed E-state index contributed by atoms with van der Waals surface area (Å²) in [5.41, 5.74) is 7.32. The van der Waals surface area contributed by atoms with E-state index in [0.29, 0.717) is 0 Å². The maximum Gasteiger partial charge on any atom is 0.244 e. The summed E-state index contributed by atoms with van der Waals surface area (Å²) in [7, 11) is 0. The minimum atomic E-state index is -0.623. The molecule has 1 aliphatic carbocycles. The molecule has 0 bridgehead atoms. The predicted molar refractivity (Wildman–Crippen MR) is 77.8 cm³/mol. The molecule has 4 nitrogen and oxygen atoms in total. The van der Waals surface area contributed by atoms with Gasteiger partial charge in [0.2, 0.25) is 5.91 Å². The van der Waals surface area contributed by atoms with E-state index in [0.717, 1.165) is 43.7 Å². The lowest BCUT2D eigenvalue weighted by atomic mass is 10.1. The molecule has 1 fully saturated rings. The minimum Gasteiger partial charge on any atom is -0.324 e. The highest BCUT2D eigenvalue weighted by atomic mass is 16.2. The molecule has 104 valence electrons. The standard InChI is InChI=1S/C15H23N3O/c1-3-18(4-2)11-12-7-5-6-8-13(12)17-14(19)15(16)9-10-15/h5-8H,3-4,9-11,16H2,1-2H3,(H,17,19). The maximum atomic E-state index is 12.0. The number of hydrogen-bond donors (Lipinski definition) is 2. The summed E-state index contributed by atoms with van der Waals surface area (Å²) in [6.45, 7) is 7.13. The zero-order chi connectivity index (χ0) is 13.9. The van der Waals surface area contributed by atoms with Crippen LogP contribution in [0.15, 0.2) is 24.3 Å². The van der Waals surface area contributed by atoms with Crippen molar-refractivity contribution in [1.82, 2.24) is 4.90 Å². The lowest BCUT2D eigenvalue weighted by Gasteiger charge is -2.21. The van der Waals surface area contributed by atoms with Crippen LogP contribution in [0.1, 0.15) is 32.3 Å². The van der Waals surface area contributed by atoms with Crippen molar-refractivity contribution in [1.29, 1.82) is 0 Å². The van der Waals surface area contributed by atoms with Crippen LogP contribution < -0.4 is 11.1 Å². The van der Waals surface area contributed by atoms with E-state index in [1.807, 2.05) is 18.2 Å². The summed E-state index contributed by atoms with van der Waals surface area (Å²) in [5, 5.41) is 2.98. The van der Waals surface area contributed by atoms with Crippen molar-refractivity contribution in [2.75, 3.05) is 18.4 Å². The van der Waals surface area contributed by atoms with Crippen molar-refractivity contribution in [3.8, 4) is 0 Å². The summed E-state index contributed by atoms with van der Waals surface area (Å²) in [6.07, 6.45) is 1.58. The fourth-order valence-electron chi connectivity index (χ4n) is 2.08. The second-order valence-electron chi connectivity index (χ2n) is 5.23. The van der Waals surface area contributed by atoms with Gasteiger partial charge in [-0.15, -0.1) is 0 Å². The third kappa shape index (κ3) is 3.33. The third-order valence-electron chi connectivity index (χ3n) is 3.79. The normalized spacial score (nSPS) is 16.4. The number of para-hydroxylation sites is 1. The van der Waals surface area contributed by atoms with Crippen LogP contribution in [0, 0.1) is 0 Å². The first-order chi connectivity index (χ1) is 9.09. The molecular weight excluding hydrogens is 238 g/mol. The molecule has 0 unspecified atom stereocenters. The zero-order valence-electron chi connectivity index (χ0n) is 11.8. The fraction of sp³-hybridized carbons (Fsp3) is 0.533. The second-order valence-corrected chi connectivity index (χ2v) is 5.23. The SMILES string of the molecule is CCN(CC)Cc1ccccc1NC(=O)C1(N)CC1. The number of amides is 1. The van der Waals surface area contributed by atoms with Crippen molar-refractivity contribution >= 4 is 11.6 Å². The first-order valence-electron chi connectivity index (χ1n) is 6.99. The van der Waals surface area contributed by atoms with Crippen molar-refractivity contribution in [3.05, 3.63) is 29.8 Å². The molecule has 1 aromatic carbocycles. The van der Waals surface area contributed by atoms with Crippen LogP contribution in [0.25, 0.3) is 0 Å². The van der Waals surface area contributed by atoms with Gasteiger partial charge in [0.15, 0.2) is 0 Å². The molecule has 0 radical (unpaired) electrons. The molecule has 0 spiro atoms. The smallest absolute Gasteiger partial charge is 0.244 e. The van der Waals surface area contributed by atoms with Gasteiger partial charge in [-0.3, -0.25) is 9.69 Å². The van der Waals surface area contributed by atoms with E-state index < -0.39 is 5.54 Å². The zero-order valence-corrected chi connectivity index (χ0v) is 11.8. The van der Waals surface area contributed by atoms with Gasteiger partial charge < -0.3 is 11.1 Å². The van der Waals surface area contributed by atoms with Gasteiger partial charge in [-0.05, 0) is 37.6 Å². The first-order valence-corrected chi connectivity index (χ1v) is 6.99. The highest BCUT2D eigenvalue weighted by Crippen LogP contribution is 2.33. The lowest BCUT2D eigenvalue weighted by molar-refractivity contribution is -0.118. The number of anilines is 1. The Balaban J connectivity index is 2.09. The Morgan fingerprint density at radius 1 is 1.32 bits per heavy atom. The van der Waals surface area contributed by atoms with Crippen LogP contribution >= 0.6 is 0 Å². The monoisotopic (exact) mass is 261 g/mol. The van der Waals surface area contributed by atoms with Crippen LogP contribution in [0.4, 0.5) is 5.69 Å². The Hall–Kier alpha value is -1.39. The van der Waals surface area contributed by atoms with Crippen LogP contribution in [0.2, 0.25) is 0 Å². The number of nitrogens with one attached hydrogen (secondary N) is 1. The molecule has 0 aromatic heterocycles. The van der Waals surface area contributed by atoms with Gasteiger partial charge in [0.25, 0.3) is 0 Å². The first kappa shape index (κ1) is 14.0. The average molecular weight is 261 g/mol. The molecule has 19 heavy (non-hydrogen) atoms. The molecule has 4 heteroatoms. The largest absolute Gasteiger partial charge is 0.324 e. The Labute approximate surface area is 115 Å². The number of benzene rings is 1. The Morgan fingerprint density at radius 2 is 1.95 bits per heavy atom. The molecule has 1 aliphatic rings. The van der Waals surface area contributed by atoms with Gasteiger partial charge in [-0.2, -0.15) is 0 Å². The number of nitrogens with zero attached hydrogens (tertiary/aromatic N) is 1. The highest BCUT2D eigenvalue weighted by Gasteiger charge is 2.46. The van der Waals surface area contributed by atoms with Gasteiger partial charge in [0.1, 0.15) is 0 Å². The van der Waals surface area contributed by atoms with E-state index in [1.165, 1.54) is 0 Å². The molecular formula is C15H23N3O. The van der Waals surface area contributed by atoms with E-state index in [4.69, 9.17) is 5.73 Å². The van der Waals surface area contributed by atoms with Gasteiger partial charge in [-0.25, -0.2) is 0 Å². The lowest BCUT2D eigenvalue weighted by Crippen LogP contribution is -2.38. The molecule has 0 saturated heterocycles. The minimum absolute atomic E-state index is 0.0560. The molecule has 1 amide bonds. The van der Waals surface area contributed by atoms with Crippen LogP contribution in [-0.4, -0.2) is 29.4 Å². The van der Waals surface area contributed by atoms with Crippen LogP contribution in [0.5, 0.6) is 0 Å².